The highest BCUT2D eigenvalue weighted by Crippen LogP contribution is 2.24. The molecule has 74 valence electrons. The van der Waals surface area contributed by atoms with Crippen molar-refractivity contribution < 1.29 is 9.15 Å². The van der Waals surface area contributed by atoms with E-state index in [2.05, 4.69) is 4.98 Å². The van der Waals surface area contributed by atoms with E-state index >= 15 is 0 Å². The van der Waals surface area contributed by atoms with E-state index in [4.69, 9.17) is 9.15 Å². The number of aromatic nitrogens is 1. The second-order valence-corrected chi connectivity index (χ2v) is 3.50. The molecule has 0 N–H and O–H groups in total. The van der Waals surface area contributed by atoms with Gasteiger partial charge in [0.15, 0.2) is 5.58 Å². The van der Waals surface area contributed by atoms with Crippen molar-refractivity contribution in [3.63, 3.8) is 0 Å². The predicted molar refractivity (Wildman–Crippen MR) is 57.0 cm³/mol. The lowest BCUT2D eigenvalue weighted by Gasteiger charge is -2.00. The average Bonchev–Trinajstić information content (AvgIpc) is 2.60. The summed E-state index contributed by atoms with van der Waals surface area (Å²) in [5.41, 5.74) is 1.65. The number of benzene rings is 1. The van der Waals surface area contributed by atoms with Crippen molar-refractivity contribution in [2.24, 2.45) is 0 Å². The van der Waals surface area contributed by atoms with E-state index in [0.29, 0.717) is 11.8 Å². The monoisotopic (exact) mass is 209 g/mol. The maximum atomic E-state index is 5.45. The van der Waals surface area contributed by atoms with Gasteiger partial charge in [-0.2, -0.15) is 0 Å². The van der Waals surface area contributed by atoms with E-state index in [-0.39, 0.29) is 0 Å². The van der Waals surface area contributed by atoms with Gasteiger partial charge in [-0.15, -0.1) is 0 Å². The zero-order chi connectivity index (χ0) is 9.97. The Bertz CT molecular complexity index is 439. The largest absolute Gasteiger partial charge is 0.494 e. The molecule has 1 aromatic carbocycles. The highest BCUT2D eigenvalue weighted by atomic mass is 32.2. The lowest BCUT2D eigenvalue weighted by molar-refractivity contribution is 0.340. The normalized spacial score (nSPS) is 10.7. The van der Waals surface area contributed by atoms with Crippen LogP contribution in [-0.2, 0) is 0 Å². The quantitative estimate of drug-likeness (QED) is 0.728. The fourth-order valence-corrected chi connectivity index (χ4v) is 1.59. The summed E-state index contributed by atoms with van der Waals surface area (Å²) in [6, 6.07) is 5.66. The molecule has 0 unspecified atom stereocenters. The molecule has 0 saturated carbocycles. The van der Waals surface area contributed by atoms with Crippen molar-refractivity contribution in [2.75, 3.05) is 12.9 Å². The number of oxazole rings is 1. The molecule has 0 bridgehead atoms. The van der Waals surface area contributed by atoms with E-state index in [1.165, 1.54) is 11.8 Å². The molecular formula is C10H11NO2S. The smallest absolute Gasteiger partial charge is 0.256 e. The summed E-state index contributed by atoms with van der Waals surface area (Å²) in [5, 5.41) is 0.689. The Labute approximate surface area is 86.5 Å². The van der Waals surface area contributed by atoms with Gasteiger partial charge >= 0.3 is 0 Å². The number of hydrogen-bond acceptors (Lipinski definition) is 4. The van der Waals surface area contributed by atoms with Crippen molar-refractivity contribution in [3.8, 4) is 5.75 Å². The number of fused-ring (bicyclic) bond motifs is 1. The summed E-state index contributed by atoms with van der Waals surface area (Å²) in [6.07, 6.45) is 1.94. The summed E-state index contributed by atoms with van der Waals surface area (Å²) in [6.45, 7) is 2.62. The van der Waals surface area contributed by atoms with Crippen molar-refractivity contribution in [3.05, 3.63) is 18.2 Å². The van der Waals surface area contributed by atoms with Gasteiger partial charge in [0.25, 0.3) is 5.22 Å². The number of nitrogens with zero attached hydrogens (tertiary/aromatic N) is 1. The Morgan fingerprint density at radius 2 is 2.36 bits per heavy atom. The van der Waals surface area contributed by atoms with E-state index in [0.717, 1.165) is 16.8 Å². The minimum absolute atomic E-state index is 0.665. The Morgan fingerprint density at radius 1 is 1.50 bits per heavy atom. The molecule has 14 heavy (non-hydrogen) atoms. The first-order valence-corrected chi connectivity index (χ1v) is 5.63. The third-order valence-electron chi connectivity index (χ3n) is 1.83. The lowest BCUT2D eigenvalue weighted by Crippen LogP contribution is -1.90. The van der Waals surface area contributed by atoms with Crippen LogP contribution >= 0.6 is 11.8 Å². The topological polar surface area (TPSA) is 35.3 Å². The summed E-state index contributed by atoms with van der Waals surface area (Å²) in [5.74, 6) is 0.834. The van der Waals surface area contributed by atoms with E-state index in [9.17, 15) is 0 Å². The standard InChI is InChI=1S/C10H11NO2S/c1-3-12-7-4-5-9-8(6-7)11-10(13-9)14-2/h4-6H,3H2,1-2H3. The van der Waals surface area contributed by atoms with Crippen LogP contribution in [0.2, 0.25) is 0 Å². The molecule has 0 radical (unpaired) electrons. The van der Waals surface area contributed by atoms with Gasteiger partial charge in [-0.1, -0.05) is 11.8 Å². The predicted octanol–water partition coefficient (Wildman–Crippen LogP) is 2.95. The van der Waals surface area contributed by atoms with Gasteiger partial charge in [0.1, 0.15) is 11.3 Å². The zero-order valence-corrected chi connectivity index (χ0v) is 8.93. The molecule has 0 aliphatic heterocycles. The fourth-order valence-electron chi connectivity index (χ4n) is 1.23. The average molecular weight is 209 g/mol. The van der Waals surface area contributed by atoms with Crippen LogP contribution in [0.1, 0.15) is 6.92 Å². The third kappa shape index (κ3) is 1.70. The van der Waals surface area contributed by atoms with Crippen LogP contribution in [0.5, 0.6) is 5.75 Å². The first-order chi connectivity index (χ1) is 6.83. The van der Waals surface area contributed by atoms with Crippen LogP contribution < -0.4 is 4.74 Å². The second kappa shape index (κ2) is 3.92. The molecule has 1 heterocycles. The van der Waals surface area contributed by atoms with Gasteiger partial charge in [-0.05, 0) is 25.3 Å². The molecule has 0 aliphatic rings. The molecule has 4 heteroatoms. The molecule has 1 aromatic heterocycles. The molecule has 2 aromatic rings. The van der Waals surface area contributed by atoms with Crippen LogP contribution in [0.3, 0.4) is 0 Å². The Balaban J connectivity index is 2.43. The van der Waals surface area contributed by atoms with Crippen LogP contribution in [0.15, 0.2) is 27.8 Å². The molecular weight excluding hydrogens is 198 g/mol. The summed E-state index contributed by atoms with van der Waals surface area (Å²) in [7, 11) is 0. The third-order valence-corrected chi connectivity index (χ3v) is 2.35. The van der Waals surface area contributed by atoms with Crippen molar-refractivity contribution in [2.45, 2.75) is 12.1 Å². The van der Waals surface area contributed by atoms with E-state index in [1.807, 2.05) is 31.4 Å². The highest BCUT2D eigenvalue weighted by Gasteiger charge is 2.05. The van der Waals surface area contributed by atoms with E-state index in [1.54, 1.807) is 0 Å². The minimum Gasteiger partial charge on any atom is -0.494 e. The Morgan fingerprint density at radius 3 is 3.07 bits per heavy atom. The van der Waals surface area contributed by atoms with Gasteiger partial charge in [-0.25, -0.2) is 4.98 Å². The first kappa shape index (κ1) is 9.40. The molecule has 0 spiro atoms. The number of hydrogen-bond donors (Lipinski definition) is 0. The highest BCUT2D eigenvalue weighted by molar-refractivity contribution is 7.98. The molecule has 0 fully saturated rings. The number of thioether (sulfide) groups is 1. The molecule has 0 amide bonds. The molecule has 0 atom stereocenters. The minimum atomic E-state index is 0.665. The Hall–Kier alpha value is -1.16. The van der Waals surface area contributed by atoms with E-state index < -0.39 is 0 Å². The Kier molecular flexibility index (Phi) is 2.63. The molecule has 2 rings (SSSR count). The molecule has 0 saturated heterocycles. The SMILES string of the molecule is CCOc1ccc2oc(SC)nc2c1. The number of ether oxygens (including phenoxy) is 1. The zero-order valence-electron chi connectivity index (χ0n) is 8.11. The van der Waals surface area contributed by atoms with Gasteiger partial charge < -0.3 is 9.15 Å². The van der Waals surface area contributed by atoms with Crippen LogP contribution in [0, 0.1) is 0 Å². The van der Waals surface area contributed by atoms with Gasteiger partial charge in [0, 0.05) is 6.07 Å². The van der Waals surface area contributed by atoms with Gasteiger partial charge in [-0.3, -0.25) is 0 Å². The molecule has 0 aliphatic carbocycles. The van der Waals surface area contributed by atoms with Crippen LogP contribution in [0.4, 0.5) is 0 Å². The van der Waals surface area contributed by atoms with Crippen molar-refractivity contribution >= 4 is 22.9 Å². The summed E-state index contributed by atoms with van der Waals surface area (Å²) >= 11 is 1.50. The second-order valence-electron chi connectivity index (χ2n) is 2.75. The van der Waals surface area contributed by atoms with Gasteiger partial charge in [0.2, 0.25) is 0 Å². The van der Waals surface area contributed by atoms with Crippen LogP contribution in [-0.4, -0.2) is 17.8 Å². The maximum absolute atomic E-state index is 5.45. The summed E-state index contributed by atoms with van der Waals surface area (Å²) < 4.78 is 10.8. The maximum Gasteiger partial charge on any atom is 0.256 e. The lowest BCUT2D eigenvalue weighted by atomic mass is 10.3. The van der Waals surface area contributed by atoms with Crippen molar-refractivity contribution in [1.82, 2.24) is 4.98 Å². The fraction of sp³-hybridized carbons (Fsp3) is 0.300. The first-order valence-electron chi connectivity index (χ1n) is 4.41. The van der Waals surface area contributed by atoms with Crippen LogP contribution in [0.25, 0.3) is 11.1 Å². The molecule has 3 nitrogen and oxygen atoms in total. The van der Waals surface area contributed by atoms with Crippen molar-refractivity contribution in [1.29, 1.82) is 0 Å². The van der Waals surface area contributed by atoms with Gasteiger partial charge in [0.05, 0.1) is 6.61 Å². The summed E-state index contributed by atoms with van der Waals surface area (Å²) in [4.78, 5) is 4.29. The number of rotatable bonds is 3.